The highest BCUT2D eigenvalue weighted by Gasteiger charge is 2.49. The molecule has 0 saturated carbocycles. The smallest absolute Gasteiger partial charge is 0.255 e. The van der Waals surface area contributed by atoms with E-state index >= 15 is 0 Å². The Hall–Kier alpha value is -1.18. The topological polar surface area (TPSA) is 65.1 Å². The molecule has 0 spiro atoms. The van der Waals surface area contributed by atoms with Crippen molar-refractivity contribution in [1.29, 1.82) is 0 Å². The molecule has 27 heavy (non-hydrogen) atoms. The average Bonchev–Trinajstić information content (AvgIpc) is 2.60. The number of carbonyl (C=O) groups is 2. The first-order chi connectivity index (χ1) is 12.8. The molecule has 7 nitrogen and oxygen atoms in total. The fraction of sp³-hybridized carbons (Fsp3) is 0.900. The third kappa shape index (κ3) is 4.46. The third-order valence-electron chi connectivity index (χ3n) is 5.99. The number of hydroxylamine groups is 1. The Morgan fingerprint density at radius 1 is 1.04 bits per heavy atom. The number of amides is 2. The van der Waals surface area contributed by atoms with Gasteiger partial charge in [0.15, 0.2) is 6.10 Å². The van der Waals surface area contributed by atoms with Crippen molar-refractivity contribution in [2.75, 3.05) is 26.7 Å². The van der Waals surface area contributed by atoms with E-state index < -0.39 is 6.10 Å². The Balaban J connectivity index is 1.80. The summed E-state index contributed by atoms with van der Waals surface area (Å²) in [6.07, 6.45) is 2.60. The standard InChI is InChI=1S/C20H36N4O3/c1-13(2)10-16-19(25)23(15-6-8-22(5)9-7-15)12-18-21-27-17(11-14(3)4)20(26)24(16)18/h13-18,21H,6-12H2,1-5H3/t16-,17+,18+/m0/s1. The fourth-order valence-corrected chi connectivity index (χ4v) is 4.54. The van der Waals surface area contributed by atoms with Crippen LogP contribution in [0.4, 0.5) is 0 Å². The van der Waals surface area contributed by atoms with Crippen LogP contribution in [0.25, 0.3) is 0 Å². The molecule has 154 valence electrons. The van der Waals surface area contributed by atoms with Crippen LogP contribution in [-0.2, 0) is 14.4 Å². The minimum absolute atomic E-state index is 0.0329. The molecule has 3 aliphatic heterocycles. The van der Waals surface area contributed by atoms with Gasteiger partial charge in [-0.3, -0.25) is 14.4 Å². The Bertz CT molecular complexity index is 545. The number of nitrogens with zero attached hydrogens (tertiary/aromatic N) is 3. The number of nitrogens with one attached hydrogen (secondary N) is 1. The van der Waals surface area contributed by atoms with Gasteiger partial charge in [-0.1, -0.05) is 27.7 Å². The van der Waals surface area contributed by atoms with Crippen LogP contribution in [0.5, 0.6) is 0 Å². The maximum atomic E-state index is 13.4. The van der Waals surface area contributed by atoms with E-state index in [1.165, 1.54) is 0 Å². The van der Waals surface area contributed by atoms with Crippen molar-refractivity contribution in [3.63, 3.8) is 0 Å². The van der Waals surface area contributed by atoms with Crippen molar-refractivity contribution >= 4 is 11.8 Å². The molecule has 0 aromatic carbocycles. The predicted octanol–water partition coefficient (Wildman–Crippen LogP) is 1.44. The number of fused-ring (bicyclic) bond motifs is 1. The number of piperidine rings is 1. The third-order valence-corrected chi connectivity index (χ3v) is 5.99. The van der Waals surface area contributed by atoms with Gasteiger partial charge in [0.25, 0.3) is 5.91 Å². The van der Waals surface area contributed by atoms with E-state index in [0.29, 0.717) is 31.2 Å². The van der Waals surface area contributed by atoms with E-state index in [0.717, 1.165) is 25.9 Å². The fourth-order valence-electron chi connectivity index (χ4n) is 4.54. The summed E-state index contributed by atoms with van der Waals surface area (Å²) in [6, 6.07) is -0.127. The second kappa shape index (κ2) is 8.45. The second-order valence-electron chi connectivity index (χ2n) is 9.29. The highest BCUT2D eigenvalue weighted by molar-refractivity contribution is 5.91. The minimum atomic E-state index is -0.501. The van der Waals surface area contributed by atoms with Crippen LogP contribution in [0.1, 0.15) is 53.4 Å². The Morgan fingerprint density at radius 2 is 1.67 bits per heavy atom. The number of rotatable bonds is 5. The van der Waals surface area contributed by atoms with Gasteiger partial charge in [0.2, 0.25) is 5.91 Å². The molecule has 3 aliphatic rings. The Morgan fingerprint density at radius 3 is 2.26 bits per heavy atom. The summed E-state index contributed by atoms with van der Waals surface area (Å²) in [6.45, 7) is 10.9. The van der Waals surface area contributed by atoms with E-state index in [-0.39, 0.29) is 30.1 Å². The molecule has 0 bridgehead atoms. The zero-order valence-corrected chi connectivity index (χ0v) is 17.5. The zero-order valence-electron chi connectivity index (χ0n) is 17.5. The Labute approximate surface area is 163 Å². The predicted molar refractivity (Wildman–Crippen MR) is 104 cm³/mol. The van der Waals surface area contributed by atoms with Gasteiger partial charge in [0, 0.05) is 6.04 Å². The summed E-state index contributed by atoms with van der Waals surface area (Å²) in [5.41, 5.74) is 3.11. The van der Waals surface area contributed by atoms with E-state index in [4.69, 9.17) is 4.84 Å². The van der Waals surface area contributed by atoms with Crippen molar-refractivity contribution in [1.82, 2.24) is 20.2 Å². The van der Waals surface area contributed by atoms with E-state index in [1.807, 2.05) is 4.90 Å². The second-order valence-corrected chi connectivity index (χ2v) is 9.29. The molecule has 0 radical (unpaired) electrons. The van der Waals surface area contributed by atoms with Crippen LogP contribution >= 0.6 is 0 Å². The summed E-state index contributed by atoms with van der Waals surface area (Å²) >= 11 is 0. The lowest BCUT2D eigenvalue weighted by Gasteiger charge is -2.52. The zero-order chi connectivity index (χ0) is 19.7. The quantitative estimate of drug-likeness (QED) is 0.782. The van der Waals surface area contributed by atoms with Gasteiger partial charge in [-0.25, -0.2) is 0 Å². The van der Waals surface area contributed by atoms with Gasteiger partial charge >= 0.3 is 0 Å². The molecule has 3 heterocycles. The average molecular weight is 381 g/mol. The largest absolute Gasteiger partial charge is 0.334 e. The molecular formula is C20H36N4O3. The van der Waals surface area contributed by atoms with Crippen LogP contribution in [0.2, 0.25) is 0 Å². The van der Waals surface area contributed by atoms with Gasteiger partial charge in [0.1, 0.15) is 12.2 Å². The molecule has 3 rings (SSSR count). The van der Waals surface area contributed by atoms with Crippen LogP contribution in [0, 0.1) is 11.8 Å². The maximum absolute atomic E-state index is 13.4. The molecule has 1 N–H and O–H groups in total. The highest BCUT2D eigenvalue weighted by Crippen LogP contribution is 2.30. The van der Waals surface area contributed by atoms with E-state index in [9.17, 15) is 9.59 Å². The van der Waals surface area contributed by atoms with Gasteiger partial charge in [-0.15, -0.1) is 0 Å². The first kappa shape index (κ1) is 20.6. The van der Waals surface area contributed by atoms with E-state index in [1.54, 1.807) is 4.90 Å². The first-order valence-corrected chi connectivity index (χ1v) is 10.5. The monoisotopic (exact) mass is 380 g/mol. The first-order valence-electron chi connectivity index (χ1n) is 10.5. The summed E-state index contributed by atoms with van der Waals surface area (Å²) in [5, 5.41) is 0. The summed E-state index contributed by atoms with van der Waals surface area (Å²) in [5.74, 6) is 0.789. The molecule has 3 atom stereocenters. The van der Waals surface area contributed by atoms with Crippen molar-refractivity contribution < 1.29 is 14.4 Å². The number of hydrogen-bond donors (Lipinski definition) is 1. The van der Waals surface area contributed by atoms with Crippen molar-refractivity contribution in [3.8, 4) is 0 Å². The van der Waals surface area contributed by atoms with Gasteiger partial charge in [-0.05, 0) is 57.7 Å². The van der Waals surface area contributed by atoms with Crippen molar-refractivity contribution in [3.05, 3.63) is 0 Å². The molecule has 0 aromatic rings. The molecular weight excluding hydrogens is 344 g/mol. The molecule has 3 fully saturated rings. The molecule has 0 unspecified atom stereocenters. The normalized spacial score (nSPS) is 31.1. The van der Waals surface area contributed by atoms with Gasteiger partial charge in [-0.2, -0.15) is 5.48 Å². The maximum Gasteiger partial charge on any atom is 0.255 e. The minimum Gasteiger partial charge on any atom is -0.334 e. The van der Waals surface area contributed by atoms with E-state index in [2.05, 4.69) is 45.1 Å². The molecule has 2 amide bonds. The number of hydrogen-bond acceptors (Lipinski definition) is 5. The number of likely N-dealkylation sites (tertiary alicyclic amines) is 1. The molecule has 0 aliphatic carbocycles. The lowest BCUT2D eigenvalue weighted by molar-refractivity contribution is -0.201. The van der Waals surface area contributed by atoms with Gasteiger partial charge in [0.05, 0.1) is 6.54 Å². The summed E-state index contributed by atoms with van der Waals surface area (Å²) < 4.78 is 0. The summed E-state index contributed by atoms with van der Waals surface area (Å²) in [7, 11) is 2.13. The van der Waals surface area contributed by atoms with Crippen LogP contribution < -0.4 is 5.48 Å². The highest BCUT2D eigenvalue weighted by atomic mass is 16.7. The van der Waals surface area contributed by atoms with Crippen molar-refractivity contribution in [2.24, 2.45) is 11.8 Å². The molecule has 3 saturated heterocycles. The van der Waals surface area contributed by atoms with Crippen LogP contribution in [-0.4, -0.2) is 77.5 Å². The molecule has 0 aromatic heterocycles. The summed E-state index contributed by atoms with van der Waals surface area (Å²) in [4.78, 5) is 38.4. The number of carbonyl (C=O) groups excluding carboxylic acids is 2. The van der Waals surface area contributed by atoms with Crippen LogP contribution in [0.3, 0.4) is 0 Å². The van der Waals surface area contributed by atoms with Crippen LogP contribution in [0.15, 0.2) is 0 Å². The van der Waals surface area contributed by atoms with Crippen molar-refractivity contribution in [2.45, 2.75) is 77.7 Å². The SMILES string of the molecule is CC(C)C[C@H]1ON[C@H]2CN(C3CCN(C)CC3)C(=O)[C@H](CC(C)C)N2C1=O. The lowest BCUT2D eigenvalue weighted by atomic mass is 9.93. The lowest BCUT2D eigenvalue weighted by Crippen LogP contribution is -2.73. The molecule has 7 heteroatoms. The Kier molecular flexibility index (Phi) is 6.43. The van der Waals surface area contributed by atoms with Gasteiger partial charge < -0.3 is 14.7 Å². The number of piperazine rings is 1.